The molecule has 130 valence electrons. The van der Waals surface area contributed by atoms with E-state index in [1.807, 2.05) is 4.90 Å². The van der Waals surface area contributed by atoms with Gasteiger partial charge < -0.3 is 20.2 Å². The molecule has 1 saturated heterocycles. The number of halogens is 2. The second kappa shape index (κ2) is 6.96. The lowest BCUT2D eigenvalue weighted by Gasteiger charge is -2.28. The van der Waals surface area contributed by atoms with Crippen LogP contribution in [0.5, 0.6) is 5.75 Å². The summed E-state index contributed by atoms with van der Waals surface area (Å²) in [5, 5.41) is 34.1. The van der Waals surface area contributed by atoms with E-state index >= 15 is 0 Å². The molecule has 3 atom stereocenters. The molecule has 2 aromatic rings. The summed E-state index contributed by atoms with van der Waals surface area (Å²) >= 11 is 5.65. The first-order valence-corrected chi connectivity index (χ1v) is 8.22. The van der Waals surface area contributed by atoms with Gasteiger partial charge in [-0.05, 0) is 24.6 Å². The third-order valence-electron chi connectivity index (χ3n) is 4.18. The van der Waals surface area contributed by atoms with Crippen molar-refractivity contribution in [2.45, 2.75) is 31.2 Å². The third kappa shape index (κ3) is 3.33. The lowest BCUT2D eigenvalue weighted by atomic mass is 10.0. The average Bonchev–Trinajstić information content (AvgIpc) is 3.15. The van der Waals surface area contributed by atoms with E-state index in [1.54, 1.807) is 16.9 Å². The van der Waals surface area contributed by atoms with Crippen molar-refractivity contribution in [2.75, 3.05) is 17.3 Å². The number of hydrogen-bond acceptors (Lipinski definition) is 5. The topological polar surface area (TPSA) is 81.8 Å². The second-order valence-corrected chi connectivity index (χ2v) is 6.25. The summed E-state index contributed by atoms with van der Waals surface area (Å²) < 4.78 is 15.2. The molecule has 1 fully saturated rings. The summed E-state index contributed by atoms with van der Waals surface area (Å²) in [4.78, 5) is 1.85. The zero-order chi connectivity index (χ0) is 17.3. The van der Waals surface area contributed by atoms with Gasteiger partial charge in [0.2, 0.25) is 0 Å². The molecule has 6 nitrogen and oxygen atoms in total. The maximum Gasteiger partial charge on any atom is 0.127 e. The summed E-state index contributed by atoms with van der Waals surface area (Å²) in [7, 11) is 0. The number of aliphatic hydroxyl groups is 2. The number of anilines is 1. The van der Waals surface area contributed by atoms with Crippen LogP contribution in [0.2, 0.25) is 0 Å². The Kier molecular flexibility index (Phi) is 4.93. The van der Waals surface area contributed by atoms with Crippen LogP contribution in [0.4, 0.5) is 10.2 Å². The van der Waals surface area contributed by atoms with Crippen molar-refractivity contribution in [1.29, 1.82) is 0 Å². The van der Waals surface area contributed by atoms with Gasteiger partial charge in [-0.3, -0.25) is 0 Å². The number of aromatic nitrogens is 2. The fourth-order valence-corrected chi connectivity index (χ4v) is 3.21. The van der Waals surface area contributed by atoms with Gasteiger partial charge in [-0.1, -0.05) is 0 Å². The van der Waals surface area contributed by atoms with Gasteiger partial charge in [-0.2, -0.15) is 5.10 Å². The monoisotopic (exact) mass is 355 g/mol. The SMILES string of the molecule is Oc1ccc(F)cc1[C@H]1CC(O)CN1c1ccnn1C[C@H](O)CCl. The van der Waals surface area contributed by atoms with Crippen molar-refractivity contribution in [3.63, 3.8) is 0 Å². The molecule has 1 aliphatic rings. The second-order valence-electron chi connectivity index (χ2n) is 5.94. The highest BCUT2D eigenvalue weighted by Gasteiger charge is 2.35. The Morgan fingerprint density at radius 3 is 2.92 bits per heavy atom. The number of aromatic hydroxyl groups is 1. The predicted molar refractivity (Wildman–Crippen MR) is 87.7 cm³/mol. The molecular weight excluding hydrogens is 337 g/mol. The summed E-state index contributed by atoms with van der Waals surface area (Å²) in [6, 6.07) is 5.14. The summed E-state index contributed by atoms with van der Waals surface area (Å²) in [5.41, 5.74) is 0.414. The van der Waals surface area contributed by atoms with Crippen LogP contribution in [0.3, 0.4) is 0 Å². The largest absolute Gasteiger partial charge is 0.508 e. The Labute approximate surface area is 143 Å². The van der Waals surface area contributed by atoms with Crippen LogP contribution < -0.4 is 4.90 Å². The molecule has 8 heteroatoms. The minimum atomic E-state index is -0.751. The molecule has 0 spiro atoms. The first-order valence-electron chi connectivity index (χ1n) is 7.68. The van der Waals surface area contributed by atoms with E-state index in [0.29, 0.717) is 24.3 Å². The Bertz CT molecular complexity index is 712. The molecule has 3 N–H and O–H groups in total. The van der Waals surface area contributed by atoms with Gasteiger partial charge in [-0.25, -0.2) is 9.07 Å². The number of hydrogen-bond donors (Lipinski definition) is 3. The molecule has 0 aliphatic carbocycles. The van der Waals surface area contributed by atoms with Crippen LogP contribution in [0.25, 0.3) is 0 Å². The zero-order valence-corrected chi connectivity index (χ0v) is 13.6. The van der Waals surface area contributed by atoms with Crippen LogP contribution in [0.15, 0.2) is 30.5 Å². The Morgan fingerprint density at radius 1 is 1.38 bits per heavy atom. The predicted octanol–water partition coefficient (Wildman–Crippen LogP) is 1.64. The van der Waals surface area contributed by atoms with Crippen molar-refractivity contribution < 1.29 is 19.7 Å². The number of rotatable bonds is 5. The first kappa shape index (κ1) is 17.0. The van der Waals surface area contributed by atoms with E-state index in [9.17, 15) is 19.7 Å². The molecule has 1 unspecified atom stereocenters. The smallest absolute Gasteiger partial charge is 0.127 e. The number of phenols is 1. The quantitative estimate of drug-likeness (QED) is 0.710. The van der Waals surface area contributed by atoms with E-state index in [0.717, 1.165) is 0 Å². The van der Waals surface area contributed by atoms with Crippen molar-refractivity contribution in [1.82, 2.24) is 9.78 Å². The maximum atomic E-state index is 13.6. The summed E-state index contributed by atoms with van der Waals surface area (Å²) in [6.07, 6.45) is 0.585. The molecule has 0 bridgehead atoms. The zero-order valence-electron chi connectivity index (χ0n) is 12.9. The summed E-state index contributed by atoms with van der Waals surface area (Å²) in [5.74, 6) is 0.280. The highest BCUT2D eigenvalue weighted by atomic mass is 35.5. The highest BCUT2D eigenvalue weighted by molar-refractivity contribution is 6.18. The number of alkyl halides is 1. The van der Waals surface area contributed by atoms with Gasteiger partial charge in [0.15, 0.2) is 0 Å². The van der Waals surface area contributed by atoms with Crippen molar-refractivity contribution in [3.8, 4) is 5.75 Å². The molecule has 1 aliphatic heterocycles. The molecule has 3 rings (SSSR count). The Hall–Kier alpha value is -1.83. The van der Waals surface area contributed by atoms with Gasteiger partial charge in [0.05, 0.1) is 36.9 Å². The Morgan fingerprint density at radius 2 is 2.17 bits per heavy atom. The number of β-amino-alcohol motifs (C(OH)–C–C–N with tert-alkyl or cyclic N) is 1. The number of aliphatic hydroxyl groups excluding tert-OH is 2. The van der Waals surface area contributed by atoms with Crippen LogP contribution in [0.1, 0.15) is 18.0 Å². The normalized spacial score (nSPS) is 22.1. The highest BCUT2D eigenvalue weighted by Crippen LogP contribution is 2.39. The molecule has 1 aromatic carbocycles. The van der Waals surface area contributed by atoms with Crippen molar-refractivity contribution in [2.24, 2.45) is 0 Å². The minimum absolute atomic E-state index is 0.0210. The molecule has 0 radical (unpaired) electrons. The van der Waals surface area contributed by atoms with Gasteiger partial charge in [-0.15, -0.1) is 11.6 Å². The van der Waals surface area contributed by atoms with Gasteiger partial charge in [0, 0.05) is 18.2 Å². The fraction of sp³-hybridized carbons (Fsp3) is 0.438. The van der Waals surface area contributed by atoms with Crippen LogP contribution in [-0.4, -0.2) is 49.7 Å². The molecule has 0 amide bonds. The lowest BCUT2D eigenvalue weighted by Crippen LogP contribution is -2.29. The van der Waals surface area contributed by atoms with Gasteiger partial charge in [0.25, 0.3) is 0 Å². The number of nitrogens with zero attached hydrogens (tertiary/aromatic N) is 3. The minimum Gasteiger partial charge on any atom is -0.508 e. The fourth-order valence-electron chi connectivity index (χ4n) is 3.11. The molecule has 24 heavy (non-hydrogen) atoms. The maximum absolute atomic E-state index is 13.6. The van der Waals surface area contributed by atoms with Crippen molar-refractivity contribution in [3.05, 3.63) is 41.8 Å². The lowest BCUT2D eigenvalue weighted by molar-refractivity contribution is 0.172. The number of benzene rings is 1. The first-order chi connectivity index (χ1) is 11.5. The van der Waals surface area contributed by atoms with Gasteiger partial charge >= 0.3 is 0 Å². The Balaban J connectivity index is 1.94. The third-order valence-corrected chi connectivity index (χ3v) is 4.53. The average molecular weight is 356 g/mol. The molecule has 0 saturated carbocycles. The molecule has 2 heterocycles. The van der Waals surface area contributed by atoms with E-state index in [-0.39, 0.29) is 24.2 Å². The van der Waals surface area contributed by atoms with Gasteiger partial charge in [0.1, 0.15) is 17.4 Å². The standard InChI is InChI=1S/C16H19ClFN3O3/c17-7-12(23)9-21-16(3-4-19-21)20-8-11(22)6-14(20)13-5-10(18)1-2-15(13)24/h1-5,11-12,14,22-24H,6-9H2/t11?,12-,14-/m1/s1. The summed E-state index contributed by atoms with van der Waals surface area (Å²) in [6.45, 7) is 0.531. The van der Waals surface area contributed by atoms with E-state index in [2.05, 4.69) is 5.10 Å². The van der Waals surface area contributed by atoms with E-state index in [1.165, 1.54) is 18.2 Å². The van der Waals surface area contributed by atoms with E-state index in [4.69, 9.17) is 11.6 Å². The van der Waals surface area contributed by atoms with Crippen LogP contribution >= 0.6 is 11.6 Å². The number of phenolic OH excluding ortho intramolecular Hbond substituents is 1. The van der Waals surface area contributed by atoms with E-state index < -0.39 is 18.0 Å². The molecule has 1 aromatic heterocycles. The van der Waals surface area contributed by atoms with Crippen LogP contribution in [-0.2, 0) is 6.54 Å². The molecular formula is C16H19ClFN3O3. The van der Waals surface area contributed by atoms with Crippen LogP contribution in [0, 0.1) is 5.82 Å². The van der Waals surface area contributed by atoms with Crippen molar-refractivity contribution >= 4 is 17.4 Å².